The normalized spacial score (nSPS) is 21.4. The monoisotopic (exact) mass is 335 g/mol. The van der Waals surface area contributed by atoms with Crippen molar-refractivity contribution < 1.29 is 0 Å². The second-order valence-corrected chi connectivity index (χ2v) is 20.8. The molecule has 1 saturated carbocycles. The SMILES string of the molecule is C[N](C)[Sn]([N](C)C)([N](C)C)[C]1(C)CCCC1. The van der Waals surface area contributed by atoms with Crippen molar-refractivity contribution in [1.82, 2.24) is 9.36 Å². The van der Waals surface area contributed by atoms with Gasteiger partial charge in [0.05, 0.1) is 0 Å². The molecule has 0 aromatic heterocycles. The van der Waals surface area contributed by atoms with Crippen LogP contribution in [0.15, 0.2) is 0 Å². The second-order valence-electron chi connectivity index (χ2n) is 6.09. The van der Waals surface area contributed by atoms with E-state index in [1.54, 1.807) is 0 Å². The standard InChI is InChI=1S/C6H11.3C2H6N.Sn/c1-6-4-2-3-5-6;3*1-3-2;/h2-5H2,1H3;3*1-2H3;/q;3*-1;+3. The molecular formula is C12H29N3Sn. The number of hydrogen-bond donors (Lipinski definition) is 0. The Labute approximate surface area is 107 Å². The van der Waals surface area contributed by atoms with E-state index in [-0.39, 0.29) is 0 Å². The molecule has 0 aromatic carbocycles. The van der Waals surface area contributed by atoms with Crippen molar-refractivity contribution in [3.63, 3.8) is 0 Å². The fourth-order valence-electron chi connectivity index (χ4n) is 4.31. The molecule has 0 aliphatic heterocycles. The molecule has 0 N–H and O–H groups in total. The molecule has 0 amide bonds. The Morgan fingerprint density at radius 2 is 1.06 bits per heavy atom. The zero-order valence-corrected chi connectivity index (χ0v) is 15.0. The maximum absolute atomic E-state index is 2.61. The van der Waals surface area contributed by atoms with Crippen molar-refractivity contribution in [3.8, 4) is 0 Å². The third-order valence-corrected chi connectivity index (χ3v) is 21.1. The van der Waals surface area contributed by atoms with Gasteiger partial charge in [-0.3, -0.25) is 0 Å². The van der Waals surface area contributed by atoms with Crippen LogP contribution in [0.25, 0.3) is 0 Å². The van der Waals surface area contributed by atoms with Gasteiger partial charge < -0.3 is 0 Å². The van der Waals surface area contributed by atoms with Crippen LogP contribution in [-0.2, 0) is 0 Å². The van der Waals surface area contributed by atoms with Crippen LogP contribution in [0.3, 0.4) is 0 Å². The summed E-state index contributed by atoms with van der Waals surface area (Å²) in [6, 6.07) is 0. The van der Waals surface area contributed by atoms with Crippen LogP contribution < -0.4 is 0 Å². The Hall–Kier alpha value is 0.679. The minimum absolute atomic E-state index is 0.561. The Bertz CT molecular complexity index is 211. The molecule has 96 valence electrons. The molecule has 0 unspecified atom stereocenters. The first-order valence-electron chi connectivity index (χ1n) is 6.31. The van der Waals surface area contributed by atoms with E-state index in [1.165, 1.54) is 25.7 Å². The van der Waals surface area contributed by atoms with Crippen molar-refractivity contribution in [3.05, 3.63) is 0 Å². The maximum atomic E-state index is 2.58. The third-order valence-electron chi connectivity index (χ3n) is 4.39. The van der Waals surface area contributed by atoms with Gasteiger partial charge in [-0.1, -0.05) is 0 Å². The molecule has 1 rings (SSSR count). The topological polar surface area (TPSA) is 9.72 Å². The minimum atomic E-state index is -2.61. The van der Waals surface area contributed by atoms with E-state index in [2.05, 4.69) is 58.6 Å². The number of nitrogens with zero attached hydrogens (tertiary/aromatic N) is 3. The summed E-state index contributed by atoms with van der Waals surface area (Å²) in [5, 5.41) is 0. The summed E-state index contributed by atoms with van der Waals surface area (Å²) in [6.45, 7) is 2.54. The van der Waals surface area contributed by atoms with Gasteiger partial charge in [0.2, 0.25) is 0 Å². The molecule has 1 aliphatic carbocycles. The molecule has 3 nitrogen and oxygen atoms in total. The molecule has 16 heavy (non-hydrogen) atoms. The van der Waals surface area contributed by atoms with Crippen molar-refractivity contribution in [2.24, 2.45) is 0 Å². The Morgan fingerprint density at radius 1 is 0.750 bits per heavy atom. The molecule has 0 radical (unpaired) electrons. The van der Waals surface area contributed by atoms with Crippen LogP contribution in [0.4, 0.5) is 0 Å². The molecule has 0 spiro atoms. The third kappa shape index (κ3) is 2.04. The van der Waals surface area contributed by atoms with Crippen LogP contribution in [0.5, 0.6) is 0 Å². The first-order valence-corrected chi connectivity index (χ1v) is 11.6. The van der Waals surface area contributed by atoms with Crippen LogP contribution >= 0.6 is 0 Å². The van der Waals surface area contributed by atoms with Gasteiger partial charge in [0.25, 0.3) is 0 Å². The molecule has 4 heteroatoms. The fraction of sp³-hybridized carbons (Fsp3) is 1.00. The first-order chi connectivity index (χ1) is 7.29. The predicted molar refractivity (Wildman–Crippen MR) is 73.7 cm³/mol. The van der Waals surface area contributed by atoms with Gasteiger partial charge in [-0.2, -0.15) is 0 Å². The van der Waals surface area contributed by atoms with E-state index in [4.69, 9.17) is 0 Å². The van der Waals surface area contributed by atoms with E-state index < -0.39 is 19.2 Å². The molecule has 0 saturated heterocycles. The van der Waals surface area contributed by atoms with Gasteiger partial charge in [0.15, 0.2) is 0 Å². The summed E-state index contributed by atoms with van der Waals surface area (Å²) in [4.78, 5) is 0. The van der Waals surface area contributed by atoms with E-state index >= 15 is 0 Å². The van der Waals surface area contributed by atoms with Crippen LogP contribution in [-0.4, -0.2) is 70.8 Å². The van der Waals surface area contributed by atoms with Gasteiger partial charge in [-0.05, 0) is 0 Å². The van der Waals surface area contributed by atoms with Crippen molar-refractivity contribution in [2.45, 2.75) is 36.0 Å². The quantitative estimate of drug-likeness (QED) is 0.728. The summed E-state index contributed by atoms with van der Waals surface area (Å²) in [6.07, 6.45) is 5.67. The van der Waals surface area contributed by atoms with E-state index in [0.29, 0.717) is 3.43 Å². The van der Waals surface area contributed by atoms with Gasteiger partial charge in [-0.25, -0.2) is 0 Å². The number of hydrogen-bond acceptors (Lipinski definition) is 3. The van der Waals surface area contributed by atoms with E-state index in [9.17, 15) is 0 Å². The molecular weight excluding hydrogens is 305 g/mol. The molecule has 0 bridgehead atoms. The number of rotatable bonds is 4. The van der Waals surface area contributed by atoms with Gasteiger partial charge >= 0.3 is 107 Å². The van der Waals surface area contributed by atoms with Gasteiger partial charge in [0, 0.05) is 0 Å². The Morgan fingerprint density at radius 3 is 1.31 bits per heavy atom. The van der Waals surface area contributed by atoms with Crippen molar-refractivity contribution in [1.29, 1.82) is 0 Å². The predicted octanol–water partition coefficient (Wildman–Crippen LogP) is 1.94. The summed E-state index contributed by atoms with van der Waals surface area (Å²) < 4.78 is 8.31. The van der Waals surface area contributed by atoms with E-state index in [1.807, 2.05) is 0 Å². The fourth-order valence-corrected chi connectivity index (χ4v) is 23.3. The Kier molecular flexibility index (Phi) is 4.72. The average molecular weight is 334 g/mol. The summed E-state index contributed by atoms with van der Waals surface area (Å²) in [5.74, 6) is 0. The van der Waals surface area contributed by atoms with Gasteiger partial charge in [-0.15, -0.1) is 0 Å². The molecule has 1 aliphatic rings. The van der Waals surface area contributed by atoms with E-state index in [0.717, 1.165) is 0 Å². The van der Waals surface area contributed by atoms with Crippen molar-refractivity contribution in [2.75, 3.05) is 42.3 Å². The zero-order valence-electron chi connectivity index (χ0n) is 12.2. The molecule has 0 heterocycles. The summed E-state index contributed by atoms with van der Waals surface area (Å²) in [7, 11) is 13.7. The Balaban J connectivity index is 3.20. The molecule has 0 atom stereocenters. The summed E-state index contributed by atoms with van der Waals surface area (Å²) >= 11 is -2.61. The van der Waals surface area contributed by atoms with Crippen LogP contribution in [0.1, 0.15) is 32.6 Å². The second kappa shape index (κ2) is 5.12. The first kappa shape index (κ1) is 14.7. The van der Waals surface area contributed by atoms with Crippen molar-refractivity contribution >= 4 is 19.2 Å². The zero-order chi connectivity index (χ0) is 12.6. The molecule has 0 aromatic rings. The van der Waals surface area contributed by atoms with Gasteiger partial charge in [0.1, 0.15) is 0 Å². The molecule has 1 fully saturated rings. The van der Waals surface area contributed by atoms with Crippen LogP contribution in [0, 0.1) is 0 Å². The average Bonchev–Trinajstić information content (AvgIpc) is 2.51. The summed E-state index contributed by atoms with van der Waals surface area (Å²) in [5.41, 5.74) is 0. The van der Waals surface area contributed by atoms with Crippen LogP contribution in [0.2, 0.25) is 3.43 Å².